The monoisotopic (exact) mass is 244 g/mol. The van der Waals surface area contributed by atoms with Crippen molar-refractivity contribution in [2.45, 2.75) is 19.4 Å². The van der Waals surface area contributed by atoms with Crippen LogP contribution >= 0.6 is 11.6 Å². The molecule has 0 fully saturated rings. The van der Waals surface area contributed by atoms with Gasteiger partial charge < -0.3 is 11.1 Å². The lowest BCUT2D eigenvalue weighted by Gasteiger charge is -2.08. The Bertz CT molecular complexity index is 382. The molecule has 0 heterocycles. The SMILES string of the molecule is CC(N)CNC(=O)Cc1cc(F)ccc1Cl. The van der Waals surface area contributed by atoms with Crippen molar-refractivity contribution in [3.63, 3.8) is 0 Å². The van der Waals surface area contributed by atoms with E-state index in [-0.39, 0.29) is 18.4 Å². The van der Waals surface area contributed by atoms with Gasteiger partial charge in [0.1, 0.15) is 5.82 Å². The zero-order chi connectivity index (χ0) is 12.1. The summed E-state index contributed by atoms with van der Waals surface area (Å²) in [5.74, 6) is -0.621. The van der Waals surface area contributed by atoms with Crippen molar-refractivity contribution >= 4 is 17.5 Å². The van der Waals surface area contributed by atoms with Gasteiger partial charge in [0.25, 0.3) is 0 Å². The smallest absolute Gasteiger partial charge is 0.224 e. The van der Waals surface area contributed by atoms with Crippen LogP contribution in [0.2, 0.25) is 5.02 Å². The first-order valence-electron chi connectivity index (χ1n) is 4.95. The Balaban J connectivity index is 2.59. The summed E-state index contributed by atoms with van der Waals surface area (Å²) in [6.45, 7) is 2.18. The Kier molecular flexibility index (Phi) is 4.71. The second-order valence-electron chi connectivity index (χ2n) is 3.69. The highest BCUT2D eigenvalue weighted by molar-refractivity contribution is 6.31. The Labute approximate surface area is 98.8 Å². The maximum Gasteiger partial charge on any atom is 0.224 e. The van der Waals surface area contributed by atoms with Gasteiger partial charge in [0.15, 0.2) is 0 Å². The third kappa shape index (κ3) is 4.16. The molecule has 0 aliphatic rings. The van der Waals surface area contributed by atoms with Gasteiger partial charge in [-0.2, -0.15) is 0 Å². The van der Waals surface area contributed by atoms with E-state index in [9.17, 15) is 9.18 Å². The van der Waals surface area contributed by atoms with E-state index in [1.807, 2.05) is 0 Å². The predicted molar refractivity (Wildman–Crippen MR) is 61.8 cm³/mol. The van der Waals surface area contributed by atoms with Gasteiger partial charge in [0.2, 0.25) is 5.91 Å². The molecule has 1 unspecified atom stereocenters. The zero-order valence-electron chi connectivity index (χ0n) is 8.97. The van der Waals surface area contributed by atoms with E-state index >= 15 is 0 Å². The van der Waals surface area contributed by atoms with Crippen molar-refractivity contribution in [3.8, 4) is 0 Å². The third-order valence-electron chi connectivity index (χ3n) is 1.98. The summed E-state index contributed by atoms with van der Waals surface area (Å²) in [5.41, 5.74) is 5.96. The number of hydrogen-bond acceptors (Lipinski definition) is 2. The van der Waals surface area contributed by atoms with Crippen molar-refractivity contribution in [2.24, 2.45) is 5.73 Å². The van der Waals surface area contributed by atoms with E-state index in [1.165, 1.54) is 18.2 Å². The molecule has 1 rings (SSSR count). The summed E-state index contributed by atoms with van der Waals surface area (Å²) in [7, 11) is 0. The maximum absolute atomic E-state index is 12.9. The van der Waals surface area contributed by atoms with Crippen LogP contribution in [0.4, 0.5) is 4.39 Å². The molecular formula is C11H14ClFN2O. The van der Waals surface area contributed by atoms with Crippen LogP contribution in [0.15, 0.2) is 18.2 Å². The molecular weight excluding hydrogens is 231 g/mol. The first-order chi connectivity index (χ1) is 7.49. The fourth-order valence-corrected chi connectivity index (χ4v) is 1.37. The summed E-state index contributed by atoms with van der Waals surface area (Å²) in [5, 5.41) is 3.02. The summed E-state index contributed by atoms with van der Waals surface area (Å²) in [4.78, 5) is 11.4. The number of hydrogen-bond donors (Lipinski definition) is 2. The minimum absolute atomic E-state index is 0.0588. The lowest BCUT2D eigenvalue weighted by Crippen LogP contribution is -2.35. The molecule has 0 radical (unpaired) electrons. The van der Waals surface area contributed by atoms with Gasteiger partial charge in [0, 0.05) is 17.6 Å². The molecule has 0 aliphatic carbocycles. The number of carbonyl (C=O) groups excluding carboxylic acids is 1. The normalized spacial score (nSPS) is 12.2. The Hall–Kier alpha value is -1.13. The van der Waals surface area contributed by atoms with Crippen molar-refractivity contribution in [2.75, 3.05) is 6.54 Å². The topological polar surface area (TPSA) is 55.1 Å². The van der Waals surface area contributed by atoms with Crippen LogP contribution in [0.1, 0.15) is 12.5 Å². The first kappa shape index (κ1) is 12.9. The summed E-state index contributed by atoms with van der Waals surface area (Å²) in [6, 6.07) is 3.84. The average molecular weight is 245 g/mol. The number of benzene rings is 1. The van der Waals surface area contributed by atoms with E-state index in [0.29, 0.717) is 17.1 Å². The largest absolute Gasteiger partial charge is 0.354 e. The molecule has 5 heteroatoms. The van der Waals surface area contributed by atoms with Crippen molar-refractivity contribution in [1.29, 1.82) is 0 Å². The molecule has 0 saturated carbocycles. The van der Waals surface area contributed by atoms with Crippen LogP contribution in [0.5, 0.6) is 0 Å². The molecule has 1 amide bonds. The molecule has 0 aliphatic heterocycles. The second-order valence-corrected chi connectivity index (χ2v) is 4.10. The van der Waals surface area contributed by atoms with E-state index in [2.05, 4.69) is 5.32 Å². The van der Waals surface area contributed by atoms with Gasteiger partial charge in [-0.05, 0) is 30.7 Å². The molecule has 0 aromatic heterocycles. The summed E-state index contributed by atoms with van der Waals surface area (Å²) >= 11 is 5.83. The van der Waals surface area contributed by atoms with Gasteiger partial charge in [0.05, 0.1) is 6.42 Å². The number of amides is 1. The first-order valence-corrected chi connectivity index (χ1v) is 5.33. The molecule has 0 bridgehead atoms. The quantitative estimate of drug-likeness (QED) is 0.843. The van der Waals surface area contributed by atoms with E-state index in [1.54, 1.807) is 6.92 Å². The fourth-order valence-electron chi connectivity index (χ4n) is 1.19. The number of nitrogens with one attached hydrogen (secondary N) is 1. The van der Waals surface area contributed by atoms with E-state index in [0.717, 1.165) is 0 Å². The number of nitrogens with two attached hydrogens (primary N) is 1. The molecule has 1 atom stereocenters. The fraction of sp³-hybridized carbons (Fsp3) is 0.364. The van der Waals surface area contributed by atoms with Gasteiger partial charge in [-0.15, -0.1) is 0 Å². The van der Waals surface area contributed by atoms with Gasteiger partial charge in [-0.3, -0.25) is 4.79 Å². The van der Waals surface area contributed by atoms with Crippen molar-refractivity contribution < 1.29 is 9.18 Å². The van der Waals surface area contributed by atoms with Gasteiger partial charge >= 0.3 is 0 Å². The number of rotatable bonds is 4. The van der Waals surface area contributed by atoms with E-state index in [4.69, 9.17) is 17.3 Å². The maximum atomic E-state index is 12.9. The average Bonchev–Trinajstić information content (AvgIpc) is 2.20. The molecule has 88 valence electrons. The van der Waals surface area contributed by atoms with Crippen LogP contribution in [0.3, 0.4) is 0 Å². The number of carbonyl (C=O) groups is 1. The predicted octanol–water partition coefficient (Wildman–Crippen LogP) is 1.49. The molecule has 16 heavy (non-hydrogen) atoms. The number of halogens is 2. The minimum Gasteiger partial charge on any atom is -0.354 e. The molecule has 3 nitrogen and oxygen atoms in total. The van der Waals surface area contributed by atoms with Crippen molar-refractivity contribution in [1.82, 2.24) is 5.32 Å². The second kappa shape index (κ2) is 5.82. The third-order valence-corrected chi connectivity index (χ3v) is 2.35. The molecule has 0 spiro atoms. The highest BCUT2D eigenvalue weighted by Crippen LogP contribution is 2.17. The lowest BCUT2D eigenvalue weighted by atomic mass is 10.1. The van der Waals surface area contributed by atoms with Crippen LogP contribution in [0, 0.1) is 5.82 Å². The Morgan fingerprint density at radius 2 is 2.31 bits per heavy atom. The van der Waals surface area contributed by atoms with Crippen LogP contribution in [-0.2, 0) is 11.2 Å². The molecule has 3 N–H and O–H groups in total. The highest BCUT2D eigenvalue weighted by atomic mass is 35.5. The zero-order valence-corrected chi connectivity index (χ0v) is 9.72. The van der Waals surface area contributed by atoms with Gasteiger partial charge in [-0.1, -0.05) is 11.6 Å². The highest BCUT2D eigenvalue weighted by Gasteiger charge is 2.08. The van der Waals surface area contributed by atoms with Crippen LogP contribution in [0.25, 0.3) is 0 Å². The minimum atomic E-state index is -0.403. The molecule has 1 aromatic rings. The molecule has 1 aromatic carbocycles. The molecule has 0 saturated heterocycles. The van der Waals surface area contributed by atoms with Crippen LogP contribution < -0.4 is 11.1 Å². The van der Waals surface area contributed by atoms with E-state index < -0.39 is 5.82 Å². The Morgan fingerprint density at radius 1 is 1.62 bits per heavy atom. The lowest BCUT2D eigenvalue weighted by molar-refractivity contribution is -0.120. The van der Waals surface area contributed by atoms with Gasteiger partial charge in [-0.25, -0.2) is 4.39 Å². The summed E-state index contributed by atoms with van der Waals surface area (Å²) < 4.78 is 12.9. The summed E-state index contributed by atoms with van der Waals surface area (Å²) in [6.07, 6.45) is 0.0588. The standard InChI is InChI=1S/C11H14ClFN2O/c1-7(14)6-15-11(16)5-8-4-9(13)2-3-10(8)12/h2-4,7H,5-6,14H2,1H3,(H,15,16). The Morgan fingerprint density at radius 3 is 2.94 bits per heavy atom. The van der Waals surface area contributed by atoms with Crippen LogP contribution in [-0.4, -0.2) is 18.5 Å². The van der Waals surface area contributed by atoms with Crippen molar-refractivity contribution in [3.05, 3.63) is 34.6 Å².